The average molecular weight is 280 g/mol. The molecule has 0 bridgehead atoms. The molecule has 0 fully saturated rings. The fourth-order valence-corrected chi connectivity index (χ4v) is 2.11. The third-order valence-electron chi connectivity index (χ3n) is 2.96. The van der Waals surface area contributed by atoms with Gasteiger partial charge in [0.2, 0.25) is 0 Å². The first-order valence-electron chi connectivity index (χ1n) is 5.93. The smallest absolute Gasteiger partial charge is 0.141 e. The van der Waals surface area contributed by atoms with Crippen molar-refractivity contribution in [3.63, 3.8) is 0 Å². The lowest BCUT2D eigenvalue weighted by atomic mass is 9.99. The van der Waals surface area contributed by atoms with Crippen molar-refractivity contribution in [1.29, 1.82) is 0 Å². The van der Waals surface area contributed by atoms with E-state index in [1.165, 1.54) is 6.07 Å². The van der Waals surface area contributed by atoms with E-state index in [0.717, 1.165) is 16.9 Å². The van der Waals surface area contributed by atoms with Crippen LogP contribution in [-0.4, -0.2) is 7.11 Å². The Morgan fingerprint density at radius 3 is 2.74 bits per heavy atom. The van der Waals surface area contributed by atoms with Crippen LogP contribution < -0.4 is 10.5 Å². The summed E-state index contributed by atoms with van der Waals surface area (Å²) in [5.74, 6) is 0.352. The molecule has 0 aliphatic carbocycles. The maximum Gasteiger partial charge on any atom is 0.141 e. The lowest BCUT2D eigenvalue weighted by molar-refractivity contribution is 0.414. The molecule has 0 radical (unpaired) electrons. The molecule has 2 N–H and O–H groups in total. The van der Waals surface area contributed by atoms with Gasteiger partial charge in [-0.25, -0.2) is 4.39 Å². The van der Waals surface area contributed by atoms with Crippen LogP contribution >= 0.6 is 11.6 Å². The normalized spacial score (nSPS) is 12.2. The Morgan fingerprint density at radius 1 is 1.26 bits per heavy atom. The molecule has 0 aliphatic rings. The highest BCUT2D eigenvalue weighted by molar-refractivity contribution is 6.30. The van der Waals surface area contributed by atoms with Crippen LogP contribution in [0.5, 0.6) is 5.75 Å². The van der Waals surface area contributed by atoms with Gasteiger partial charge < -0.3 is 10.5 Å². The first kappa shape index (κ1) is 13.8. The highest BCUT2D eigenvalue weighted by Gasteiger charge is 2.09. The maximum absolute atomic E-state index is 13.1. The fraction of sp³-hybridized carbons (Fsp3) is 0.200. The minimum absolute atomic E-state index is 0.121. The first-order valence-corrected chi connectivity index (χ1v) is 6.31. The first-order chi connectivity index (χ1) is 9.10. The number of halogens is 2. The standard InChI is InChI=1S/C15H15ClFNO/c1-19-12-4-2-3-11(9-12)15(18)8-10-5-6-14(17)13(16)7-10/h2-7,9,15H,8,18H2,1H3. The van der Waals surface area contributed by atoms with Crippen molar-refractivity contribution in [2.75, 3.05) is 7.11 Å². The zero-order chi connectivity index (χ0) is 13.8. The number of rotatable bonds is 4. The van der Waals surface area contributed by atoms with Crippen LogP contribution in [-0.2, 0) is 6.42 Å². The van der Waals surface area contributed by atoms with E-state index in [9.17, 15) is 4.39 Å². The topological polar surface area (TPSA) is 35.2 Å². The zero-order valence-electron chi connectivity index (χ0n) is 10.6. The number of benzene rings is 2. The fourth-order valence-electron chi connectivity index (χ4n) is 1.91. The predicted octanol–water partition coefficient (Wildman–Crippen LogP) is 3.73. The van der Waals surface area contributed by atoms with Crippen LogP contribution in [0.25, 0.3) is 0 Å². The second-order valence-corrected chi connectivity index (χ2v) is 4.74. The molecule has 2 aromatic rings. The van der Waals surface area contributed by atoms with Crippen molar-refractivity contribution in [1.82, 2.24) is 0 Å². The van der Waals surface area contributed by atoms with E-state index in [2.05, 4.69) is 0 Å². The molecule has 2 aromatic carbocycles. The van der Waals surface area contributed by atoms with Crippen LogP contribution in [0.1, 0.15) is 17.2 Å². The molecule has 100 valence electrons. The summed E-state index contributed by atoms with van der Waals surface area (Å²) in [6.45, 7) is 0. The van der Waals surface area contributed by atoms with E-state index in [0.29, 0.717) is 6.42 Å². The molecular formula is C15H15ClFNO. The summed E-state index contributed by atoms with van der Waals surface area (Å²) >= 11 is 5.76. The van der Waals surface area contributed by atoms with Crippen LogP contribution in [0.3, 0.4) is 0 Å². The van der Waals surface area contributed by atoms with Crippen LogP contribution in [0, 0.1) is 5.82 Å². The Morgan fingerprint density at radius 2 is 2.05 bits per heavy atom. The zero-order valence-corrected chi connectivity index (χ0v) is 11.3. The highest BCUT2D eigenvalue weighted by Crippen LogP contribution is 2.23. The second kappa shape index (κ2) is 6.04. The van der Waals surface area contributed by atoms with Gasteiger partial charge in [0.05, 0.1) is 12.1 Å². The van der Waals surface area contributed by atoms with Gasteiger partial charge in [0.1, 0.15) is 11.6 Å². The van der Waals surface area contributed by atoms with E-state index in [4.69, 9.17) is 22.1 Å². The third kappa shape index (κ3) is 3.46. The summed E-state index contributed by atoms with van der Waals surface area (Å²) in [4.78, 5) is 0. The number of hydrogen-bond acceptors (Lipinski definition) is 2. The molecule has 0 saturated heterocycles. The minimum Gasteiger partial charge on any atom is -0.497 e. The van der Waals surface area contributed by atoms with Crippen molar-refractivity contribution in [3.05, 3.63) is 64.4 Å². The molecule has 1 unspecified atom stereocenters. The van der Waals surface area contributed by atoms with Crippen molar-refractivity contribution in [3.8, 4) is 5.75 Å². The molecule has 0 spiro atoms. The molecule has 1 atom stereocenters. The van der Waals surface area contributed by atoms with Gasteiger partial charge >= 0.3 is 0 Å². The Bertz CT molecular complexity index is 574. The summed E-state index contributed by atoms with van der Waals surface area (Å²) in [5, 5.41) is 0.121. The van der Waals surface area contributed by atoms with E-state index in [1.807, 2.05) is 24.3 Å². The quantitative estimate of drug-likeness (QED) is 0.925. The summed E-state index contributed by atoms with van der Waals surface area (Å²) in [6.07, 6.45) is 0.590. The van der Waals surface area contributed by atoms with Crippen molar-refractivity contribution in [2.45, 2.75) is 12.5 Å². The average Bonchev–Trinajstić information content (AvgIpc) is 2.43. The van der Waals surface area contributed by atoms with Gasteiger partial charge in [0, 0.05) is 6.04 Å². The summed E-state index contributed by atoms with van der Waals surface area (Å²) in [6, 6.07) is 12.1. The minimum atomic E-state index is -0.416. The number of nitrogens with two attached hydrogens (primary N) is 1. The van der Waals surface area contributed by atoms with Gasteiger partial charge in [-0.3, -0.25) is 0 Å². The molecule has 2 rings (SSSR count). The summed E-state index contributed by atoms with van der Waals surface area (Å²) in [5.41, 5.74) is 8.02. The monoisotopic (exact) mass is 279 g/mol. The number of methoxy groups -OCH3 is 1. The lowest BCUT2D eigenvalue weighted by Crippen LogP contribution is -2.13. The molecule has 0 aromatic heterocycles. The second-order valence-electron chi connectivity index (χ2n) is 4.34. The molecule has 19 heavy (non-hydrogen) atoms. The van der Waals surface area contributed by atoms with Gasteiger partial charge in [-0.15, -0.1) is 0 Å². The van der Waals surface area contributed by atoms with Gasteiger partial charge in [-0.05, 0) is 41.8 Å². The van der Waals surface area contributed by atoms with Crippen molar-refractivity contribution in [2.24, 2.45) is 5.73 Å². The predicted molar refractivity (Wildman–Crippen MR) is 75.0 cm³/mol. The maximum atomic E-state index is 13.1. The van der Waals surface area contributed by atoms with Crippen molar-refractivity contribution >= 4 is 11.6 Å². The molecule has 0 amide bonds. The number of hydrogen-bond donors (Lipinski definition) is 1. The third-order valence-corrected chi connectivity index (χ3v) is 3.25. The van der Waals surface area contributed by atoms with Gasteiger partial charge in [0.15, 0.2) is 0 Å². The largest absolute Gasteiger partial charge is 0.497 e. The molecule has 0 aliphatic heterocycles. The Hall–Kier alpha value is -1.58. The highest BCUT2D eigenvalue weighted by atomic mass is 35.5. The van der Waals surface area contributed by atoms with E-state index in [1.54, 1.807) is 19.2 Å². The molecule has 0 saturated carbocycles. The summed E-state index contributed by atoms with van der Waals surface area (Å²) in [7, 11) is 1.62. The Balaban J connectivity index is 2.15. The Labute approximate surface area is 117 Å². The van der Waals surface area contributed by atoms with E-state index < -0.39 is 5.82 Å². The molecular weight excluding hydrogens is 265 g/mol. The van der Waals surface area contributed by atoms with Crippen LogP contribution in [0.4, 0.5) is 4.39 Å². The number of ether oxygens (including phenoxy) is 1. The van der Waals surface area contributed by atoms with Gasteiger partial charge in [-0.1, -0.05) is 29.8 Å². The van der Waals surface area contributed by atoms with E-state index in [-0.39, 0.29) is 11.1 Å². The molecule has 2 nitrogen and oxygen atoms in total. The molecule has 0 heterocycles. The van der Waals surface area contributed by atoms with Gasteiger partial charge in [-0.2, -0.15) is 0 Å². The van der Waals surface area contributed by atoms with Crippen molar-refractivity contribution < 1.29 is 9.13 Å². The van der Waals surface area contributed by atoms with E-state index >= 15 is 0 Å². The molecule has 4 heteroatoms. The van der Waals surface area contributed by atoms with Crippen LogP contribution in [0.2, 0.25) is 5.02 Å². The summed E-state index contributed by atoms with van der Waals surface area (Å²) < 4.78 is 18.2. The van der Waals surface area contributed by atoms with Gasteiger partial charge in [0.25, 0.3) is 0 Å². The Kier molecular flexibility index (Phi) is 4.40. The lowest BCUT2D eigenvalue weighted by Gasteiger charge is -2.13. The SMILES string of the molecule is COc1cccc(C(N)Cc2ccc(F)c(Cl)c2)c1. The van der Waals surface area contributed by atoms with Crippen LogP contribution in [0.15, 0.2) is 42.5 Å².